The molecule has 142 valence electrons. The van der Waals surface area contributed by atoms with Crippen molar-refractivity contribution < 1.29 is 14.4 Å². The molecule has 1 aromatic carbocycles. The van der Waals surface area contributed by atoms with Gasteiger partial charge in [-0.1, -0.05) is 56.1 Å². The van der Waals surface area contributed by atoms with Crippen molar-refractivity contribution in [1.82, 2.24) is 0 Å². The predicted octanol–water partition coefficient (Wildman–Crippen LogP) is 5.03. The van der Waals surface area contributed by atoms with Crippen molar-refractivity contribution in [2.75, 3.05) is 0 Å². The van der Waals surface area contributed by atoms with Crippen LogP contribution in [0, 0.1) is 5.92 Å². The van der Waals surface area contributed by atoms with Crippen LogP contribution < -0.4 is 0 Å². The Morgan fingerprint density at radius 2 is 1.96 bits per heavy atom. The molecule has 4 heteroatoms. The van der Waals surface area contributed by atoms with Crippen LogP contribution in [0.15, 0.2) is 41.9 Å². The van der Waals surface area contributed by atoms with Gasteiger partial charge in [0.1, 0.15) is 5.60 Å². The van der Waals surface area contributed by atoms with Crippen molar-refractivity contribution >= 4 is 7.12 Å². The lowest BCUT2D eigenvalue weighted by Crippen LogP contribution is -2.33. The zero-order valence-corrected chi connectivity index (χ0v) is 16.7. The van der Waals surface area contributed by atoms with Crippen LogP contribution in [-0.4, -0.2) is 23.9 Å². The maximum absolute atomic E-state index is 11.9. The van der Waals surface area contributed by atoms with Crippen LogP contribution in [0.25, 0.3) is 0 Å². The Morgan fingerprint density at radius 1 is 1.27 bits per heavy atom. The topological polar surface area (TPSA) is 38.7 Å². The fourth-order valence-corrected chi connectivity index (χ4v) is 3.87. The van der Waals surface area contributed by atoms with E-state index in [2.05, 4.69) is 45.8 Å². The highest BCUT2D eigenvalue weighted by Gasteiger charge is 2.49. The minimum atomic E-state index is -0.905. The second-order valence-corrected chi connectivity index (χ2v) is 8.42. The molecule has 1 saturated heterocycles. The molecule has 1 aliphatic heterocycles. The molecular formula is C22H33BO3. The lowest BCUT2D eigenvalue weighted by Gasteiger charge is -2.33. The molecule has 2 atom stereocenters. The Kier molecular flexibility index (Phi) is 5.96. The van der Waals surface area contributed by atoms with Gasteiger partial charge in [-0.3, -0.25) is 0 Å². The van der Waals surface area contributed by atoms with E-state index in [4.69, 9.17) is 9.31 Å². The maximum Gasteiger partial charge on any atom is 0.486 e. The van der Waals surface area contributed by atoms with Crippen LogP contribution in [0.1, 0.15) is 71.8 Å². The molecule has 2 unspecified atom stereocenters. The zero-order chi connectivity index (χ0) is 18.8. The van der Waals surface area contributed by atoms with Crippen LogP contribution >= 0.6 is 0 Å². The fourth-order valence-electron chi connectivity index (χ4n) is 3.87. The summed E-state index contributed by atoms with van der Waals surface area (Å²) in [6, 6.07) is 10.1. The fraction of sp³-hybridized carbons (Fsp3) is 0.636. The molecule has 2 aliphatic rings. The van der Waals surface area contributed by atoms with E-state index >= 15 is 0 Å². The molecule has 1 saturated carbocycles. The molecule has 1 N–H and O–H groups in total. The van der Waals surface area contributed by atoms with Gasteiger partial charge in [0.15, 0.2) is 0 Å². The predicted molar refractivity (Wildman–Crippen MR) is 107 cm³/mol. The summed E-state index contributed by atoms with van der Waals surface area (Å²) in [4.78, 5) is 0. The Bertz CT molecular complexity index is 624. The number of hydrogen-bond donors (Lipinski definition) is 1. The van der Waals surface area contributed by atoms with E-state index in [0.717, 1.165) is 36.8 Å². The third kappa shape index (κ3) is 4.08. The molecule has 0 aromatic heterocycles. The second kappa shape index (κ2) is 7.88. The first-order chi connectivity index (χ1) is 12.4. The summed E-state index contributed by atoms with van der Waals surface area (Å²) in [7, 11) is -0.384. The Labute approximate surface area is 158 Å². The van der Waals surface area contributed by atoms with Gasteiger partial charge in [0.05, 0.1) is 11.7 Å². The van der Waals surface area contributed by atoms with Gasteiger partial charge >= 0.3 is 7.12 Å². The molecule has 0 bridgehead atoms. The molecule has 2 fully saturated rings. The van der Waals surface area contributed by atoms with Crippen molar-refractivity contribution in [1.29, 1.82) is 0 Å². The lowest BCUT2D eigenvalue weighted by molar-refractivity contribution is 0.0478. The quantitative estimate of drug-likeness (QED) is 0.524. The highest BCUT2D eigenvalue weighted by molar-refractivity contribution is 6.51. The molecule has 1 aliphatic carbocycles. The second-order valence-electron chi connectivity index (χ2n) is 8.42. The standard InChI is InChI=1S/C22H33BO3/c1-5-6-8-13-20(16-23-25-17(2)21(3,4)26-23)22(24,19-14-15-19)18-11-9-7-10-12-18/h7,9-12,16-17,19,24H,5-6,8,13-15H2,1-4H3/b20-16+. The van der Waals surface area contributed by atoms with Crippen molar-refractivity contribution in [2.45, 2.75) is 83.5 Å². The number of rotatable bonds is 8. The van der Waals surface area contributed by atoms with Gasteiger partial charge in [-0.05, 0) is 63.5 Å². The normalized spacial score (nSPS) is 25.3. The van der Waals surface area contributed by atoms with Gasteiger partial charge < -0.3 is 14.4 Å². The first kappa shape index (κ1) is 19.7. The summed E-state index contributed by atoms with van der Waals surface area (Å²) in [5.41, 5.74) is 0.850. The van der Waals surface area contributed by atoms with Gasteiger partial charge in [0.25, 0.3) is 0 Å². The third-order valence-electron chi connectivity index (χ3n) is 6.00. The van der Waals surface area contributed by atoms with E-state index in [9.17, 15) is 5.11 Å². The molecule has 1 heterocycles. The van der Waals surface area contributed by atoms with Crippen molar-refractivity contribution in [2.24, 2.45) is 5.92 Å². The minimum absolute atomic E-state index is 0.0337. The summed E-state index contributed by atoms with van der Waals surface area (Å²) in [6.45, 7) is 8.38. The number of benzene rings is 1. The molecule has 3 nitrogen and oxygen atoms in total. The van der Waals surface area contributed by atoms with E-state index in [1.165, 1.54) is 12.8 Å². The molecule has 3 rings (SSSR count). The monoisotopic (exact) mass is 356 g/mol. The van der Waals surface area contributed by atoms with E-state index in [-0.39, 0.29) is 18.8 Å². The minimum Gasteiger partial charge on any atom is -0.402 e. The largest absolute Gasteiger partial charge is 0.486 e. The molecule has 1 aromatic rings. The van der Waals surface area contributed by atoms with Crippen molar-refractivity contribution in [3.05, 3.63) is 47.4 Å². The highest BCUT2D eigenvalue weighted by Crippen LogP contribution is 2.51. The molecule has 0 radical (unpaired) electrons. The average Bonchev–Trinajstić information content (AvgIpc) is 3.42. The van der Waals surface area contributed by atoms with Crippen LogP contribution in [0.2, 0.25) is 0 Å². The van der Waals surface area contributed by atoms with Crippen molar-refractivity contribution in [3.8, 4) is 0 Å². The number of aliphatic hydroxyl groups is 1. The lowest BCUT2D eigenvalue weighted by atomic mass is 9.74. The van der Waals surface area contributed by atoms with E-state index < -0.39 is 5.60 Å². The van der Waals surface area contributed by atoms with Crippen LogP contribution in [0.5, 0.6) is 0 Å². The van der Waals surface area contributed by atoms with E-state index in [0.29, 0.717) is 5.92 Å². The SMILES string of the molecule is CCCCC/C(=C\B1OC(C)C(C)(C)O1)C(O)(c1ccccc1)C1CC1. The van der Waals surface area contributed by atoms with Gasteiger partial charge in [-0.25, -0.2) is 0 Å². The highest BCUT2D eigenvalue weighted by atomic mass is 16.7. The van der Waals surface area contributed by atoms with Crippen molar-refractivity contribution in [3.63, 3.8) is 0 Å². The zero-order valence-electron chi connectivity index (χ0n) is 16.7. The summed E-state index contributed by atoms with van der Waals surface area (Å²) >= 11 is 0. The van der Waals surface area contributed by atoms with Crippen LogP contribution in [0.3, 0.4) is 0 Å². The molecule has 0 amide bonds. The number of hydrogen-bond acceptors (Lipinski definition) is 3. The van der Waals surface area contributed by atoms with Gasteiger partial charge in [0.2, 0.25) is 0 Å². The number of unbranched alkanes of at least 4 members (excludes halogenated alkanes) is 2. The summed E-state index contributed by atoms with van der Waals surface area (Å²) in [6.07, 6.45) is 6.48. The summed E-state index contributed by atoms with van der Waals surface area (Å²) in [5.74, 6) is 2.36. The average molecular weight is 356 g/mol. The Hall–Kier alpha value is -1.10. The first-order valence-electron chi connectivity index (χ1n) is 10.2. The van der Waals surface area contributed by atoms with Crippen LogP contribution in [0.4, 0.5) is 0 Å². The first-order valence-corrected chi connectivity index (χ1v) is 10.2. The summed E-state index contributed by atoms with van der Waals surface area (Å²) in [5, 5.41) is 11.9. The molecular weight excluding hydrogens is 323 g/mol. The third-order valence-corrected chi connectivity index (χ3v) is 6.00. The van der Waals surface area contributed by atoms with Gasteiger partial charge in [0, 0.05) is 0 Å². The Balaban J connectivity index is 1.92. The Morgan fingerprint density at radius 3 is 2.50 bits per heavy atom. The van der Waals surface area contributed by atoms with Crippen LogP contribution in [-0.2, 0) is 14.9 Å². The maximum atomic E-state index is 11.9. The van der Waals surface area contributed by atoms with Gasteiger partial charge in [-0.2, -0.15) is 0 Å². The molecule has 0 spiro atoms. The smallest absolute Gasteiger partial charge is 0.402 e. The van der Waals surface area contributed by atoms with E-state index in [1.807, 2.05) is 18.2 Å². The van der Waals surface area contributed by atoms with E-state index in [1.54, 1.807) is 0 Å². The summed E-state index contributed by atoms with van der Waals surface area (Å²) < 4.78 is 12.2. The van der Waals surface area contributed by atoms with Gasteiger partial charge in [-0.15, -0.1) is 0 Å². The molecule has 26 heavy (non-hydrogen) atoms.